The van der Waals surface area contributed by atoms with Crippen molar-refractivity contribution in [3.63, 3.8) is 0 Å². The third kappa shape index (κ3) is 2.47. The Kier molecular flexibility index (Phi) is 3.48. The van der Waals surface area contributed by atoms with E-state index in [4.69, 9.17) is 4.74 Å². The Balaban J connectivity index is 3.40. The van der Waals surface area contributed by atoms with Gasteiger partial charge in [0.05, 0.1) is 13.2 Å². The second-order valence-electron chi connectivity index (χ2n) is 5.04. The van der Waals surface area contributed by atoms with Gasteiger partial charge in [-0.15, -0.1) is 0 Å². The maximum absolute atomic E-state index is 9.86. The monoisotopic (exact) mass is 224 g/mol. The van der Waals surface area contributed by atoms with Crippen molar-refractivity contribution in [1.29, 1.82) is 0 Å². The molecular weight excluding hydrogens is 204 g/mol. The van der Waals surface area contributed by atoms with Crippen molar-refractivity contribution >= 4 is 0 Å². The van der Waals surface area contributed by atoms with Gasteiger partial charge in [-0.1, -0.05) is 20.8 Å². The van der Waals surface area contributed by atoms with E-state index in [0.29, 0.717) is 11.3 Å². The van der Waals surface area contributed by atoms with Crippen LogP contribution in [0.5, 0.6) is 11.5 Å². The lowest BCUT2D eigenvalue weighted by atomic mass is 9.85. The molecule has 0 saturated heterocycles. The first-order valence-electron chi connectivity index (χ1n) is 5.36. The Morgan fingerprint density at radius 1 is 1.25 bits per heavy atom. The third-order valence-corrected chi connectivity index (χ3v) is 2.64. The molecule has 3 heteroatoms. The van der Waals surface area contributed by atoms with Crippen LogP contribution in [0.2, 0.25) is 0 Å². The van der Waals surface area contributed by atoms with Gasteiger partial charge in [-0.2, -0.15) is 0 Å². The molecule has 0 radical (unpaired) electrons. The second kappa shape index (κ2) is 4.34. The molecule has 0 aliphatic carbocycles. The first kappa shape index (κ1) is 12.8. The van der Waals surface area contributed by atoms with Crippen LogP contribution in [-0.2, 0) is 5.41 Å². The van der Waals surface area contributed by atoms with Crippen LogP contribution < -0.4 is 4.74 Å². The molecule has 0 aliphatic heterocycles. The van der Waals surface area contributed by atoms with Gasteiger partial charge >= 0.3 is 0 Å². The van der Waals surface area contributed by atoms with Gasteiger partial charge in [-0.25, -0.2) is 0 Å². The molecule has 90 valence electrons. The summed E-state index contributed by atoms with van der Waals surface area (Å²) in [4.78, 5) is 0. The highest BCUT2D eigenvalue weighted by molar-refractivity contribution is 5.50. The molecule has 0 heterocycles. The molecule has 1 aromatic carbocycles. The van der Waals surface area contributed by atoms with E-state index in [1.807, 2.05) is 6.07 Å². The summed E-state index contributed by atoms with van der Waals surface area (Å²) in [6, 6.07) is 3.63. The number of methoxy groups -OCH3 is 1. The van der Waals surface area contributed by atoms with Gasteiger partial charge in [0, 0.05) is 5.56 Å². The Morgan fingerprint density at radius 3 is 2.19 bits per heavy atom. The van der Waals surface area contributed by atoms with Gasteiger partial charge < -0.3 is 14.9 Å². The van der Waals surface area contributed by atoms with E-state index in [9.17, 15) is 10.2 Å². The summed E-state index contributed by atoms with van der Waals surface area (Å²) in [6.45, 7) is 7.85. The second-order valence-corrected chi connectivity index (χ2v) is 5.04. The van der Waals surface area contributed by atoms with Crippen LogP contribution in [-0.4, -0.2) is 17.3 Å². The van der Waals surface area contributed by atoms with E-state index in [-0.39, 0.29) is 11.2 Å². The quantitative estimate of drug-likeness (QED) is 0.812. The predicted octanol–water partition coefficient (Wildman–Crippen LogP) is 2.75. The highest BCUT2D eigenvalue weighted by atomic mass is 16.5. The fourth-order valence-corrected chi connectivity index (χ4v) is 1.54. The van der Waals surface area contributed by atoms with Crippen LogP contribution in [0, 0.1) is 0 Å². The number of aromatic hydroxyl groups is 1. The molecule has 0 aromatic heterocycles. The first-order valence-corrected chi connectivity index (χ1v) is 5.36. The molecule has 0 aliphatic rings. The molecule has 0 saturated carbocycles. The van der Waals surface area contributed by atoms with Crippen LogP contribution in [0.1, 0.15) is 44.9 Å². The number of hydrogen-bond acceptors (Lipinski definition) is 3. The average Bonchev–Trinajstić information content (AvgIpc) is 2.15. The van der Waals surface area contributed by atoms with Crippen molar-refractivity contribution < 1.29 is 14.9 Å². The summed E-state index contributed by atoms with van der Waals surface area (Å²) in [5, 5.41) is 19.5. The number of ether oxygens (including phenoxy) is 1. The van der Waals surface area contributed by atoms with Gasteiger partial charge in [0.1, 0.15) is 0 Å². The maximum atomic E-state index is 9.86. The van der Waals surface area contributed by atoms with Crippen molar-refractivity contribution in [2.24, 2.45) is 0 Å². The minimum absolute atomic E-state index is 0.0190. The van der Waals surface area contributed by atoms with E-state index in [2.05, 4.69) is 20.8 Å². The zero-order valence-corrected chi connectivity index (χ0v) is 10.5. The Bertz CT molecular complexity index is 375. The van der Waals surface area contributed by atoms with Crippen LogP contribution in [0.15, 0.2) is 12.1 Å². The van der Waals surface area contributed by atoms with Crippen molar-refractivity contribution in [3.8, 4) is 11.5 Å². The maximum Gasteiger partial charge on any atom is 0.163 e. The van der Waals surface area contributed by atoms with Crippen molar-refractivity contribution in [2.45, 2.75) is 39.2 Å². The summed E-state index contributed by atoms with van der Waals surface area (Å²) in [6.07, 6.45) is -0.712. The third-order valence-electron chi connectivity index (χ3n) is 2.64. The zero-order valence-electron chi connectivity index (χ0n) is 10.5. The van der Waals surface area contributed by atoms with Gasteiger partial charge in [0.25, 0.3) is 0 Å². The number of aliphatic hydroxyl groups excluding tert-OH is 1. The van der Waals surface area contributed by atoms with Gasteiger partial charge in [0.15, 0.2) is 11.5 Å². The molecule has 2 N–H and O–H groups in total. The summed E-state index contributed by atoms with van der Waals surface area (Å²) < 4.78 is 5.11. The van der Waals surface area contributed by atoms with Gasteiger partial charge in [-0.3, -0.25) is 0 Å². The molecule has 0 fully saturated rings. The highest BCUT2D eigenvalue weighted by Crippen LogP contribution is 2.38. The Hall–Kier alpha value is -1.22. The van der Waals surface area contributed by atoms with Gasteiger partial charge in [0.2, 0.25) is 0 Å². The molecule has 16 heavy (non-hydrogen) atoms. The molecular formula is C13H20O3. The molecule has 0 spiro atoms. The first-order chi connectivity index (χ1) is 7.27. The fraction of sp³-hybridized carbons (Fsp3) is 0.538. The normalized spacial score (nSPS) is 13.6. The van der Waals surface area contributed by atoms with E-state index >= 15 is 0 Å². The minimum Gasteiger partial charge on any atom is -0.504 e. The van der Waals surface area contributed by atoms with E-state index in [1.54, 1.807) is 13.0 Å². The minimum atomic E-state index is -0.712. The predicted molar refractivity (Wildman–Crippen MR) is 64.0 cm³/mol. The number of rotatable bonds is 2. The van der Waals surface area contributed by atoms with Crippen molar-refractivity contribution in [3.05, 3.63) is 23.3 Å². The van der Waals surface area contributed by atoms with Crippen LogP contribution in [0.3, 0.4) is 0 Å². The summed E-state index contributed by atoms with van der Waals surface area (Å²) in [5.41, 5.74) is 1.48. The smallest absolute Gasteiger partial charge is 0.163 e. The number of benzene rings is 1. The number of phenolic OH excluding ortho intramolecular Hbond substituents is 1. The lowest BCUT2D eigenvalue weighted by Crippen LogP contribution is -2.12. The van der Waals surface area contributed by atoms with Crippen LogP contribution >= 0.6 is 0 Å². The molecule has 1 aromatic rings. The van der Waals surface area contributed by atoms with E-state index < -0.39 is 6.10 Å². The summed E-state index contributed by atoms with van der Waals surface area (Å²) >= 11 is 0. The van der Waals surface area contributed by atoms with Gasteiger partial charge in [-0.05, 0) is 30.0 Å². The standard InChI is InChI=1S/C13H20O3/c1-8(14)10-6-9(13(2,3)4)7-11(16-5)12(10)15/h6-8,14-15H,1-5H3. The van der Waals surface area contributed by atoms with Crippen molar-refractivity contribution in [1.82, 2.24) is 0 Å². The lowest BCUT2D eigenvalue weighted by Gasteiger charge is -2.22. The fourth-order valence-electron chi connectivity index (χ4n) is 1.54. The topological polar surface area (TPSA) is 49.7 Å². The Morgan fingerprint density at radius 2 is 1.81 bits per heavy atom. The van der Waals surface area contributed by atoms with E-state index in [1.165, 1.54) is 7.11 Å². The molecule has 0 bridgehead atoms. The number of aliphatic hydroxyl groups is 1. The summed E-state index contributed by atoms with van der Waals surface area (Å²) in [5.74, 6) is 0.425. The number of hydrogen-bond donors (Lipinski definition) is 2. The molecule has 1 rings (SSSR count). The zero-order chi connectivity index (χ0) is 12.5. The average molecular weight is 224 g/mol. The Labute approximate surface area is 96.7 Å². The molecule has 3 nitrogen and oxygen atoms in total. The SMILES string of the molecule is COc1cc(C(C)(C)C)cc(C(C)O)c1O. The lowest BCUT2D eigenvalue weighted by molar-refractivity contribution is 0.193. The molecule has 1 unspecified atom stereocenters. The van der Waals surface area contributed by atoms with Crippen molar-refractivity contribution in [2.75, 3.05) is 7.11 Å². The molecule has 0 amide bonds. The largest absolute Gasteiger partial charge is 0.504 e. The highest BCUT2D eigenvalue weighted by Gasteiger charge is 2.20. The summed E-state index contributed by atoms with van der Waals surface area (Å²) in [7, 11) is 1.51. The van der Waals surface area contributed by atoms with E-state index in [0.717, 1.165) is 5.56 Å². The molecule has 1 atom stereocenters. The number of phenols is 1. The van der Waals surface area contributed by atoms with Crippen LogP contribution in [0.25, 0.3) is 0 Å². The van der Waals surface area contributed by atoms with Crippen LogP contribution in [0.4, 0.5) is 0 Å².